The lowest BCUT2D eigenvalue weighted by Crippen LogP contribution is -2.41. The number of rotatable bonds is 8. The van der Waals surface area contributed by atoms with E-state index in [9.17, 15) is 21.6 Å². The third kappa shape index (κ3) is 7.03. The van der Waals surface area contributed by atoms with Gasteiger partial charge in [-0.1, -0.05) is 47.5 Å². The molecule has 3 aromatic carbocycles. The molecule has 0 bridgehead atoms. The summed E-state index contributed by atoms with van der Waals surface area (Å²) in [6, 6.07) is 19.1. The van der Waals surface area contributed by atoms with E-state index in [1.54, 1.807) is 42.5 Å². The Morgan fingerprint density at radius 1 is 0.865 bits per heavy atom. The zero-order chi connectivity index (χ0) is 26.6. The summed E-state index contributed by atoms with van der Waals surface area (Å²) in [5.41, 5.74) is 1.37. The predicted molar refractivity (Wildman–Crippen MR) is 146 cm³/mol. The van der Waals surface area contributed by atoms with Crippen molar-refractivity contribution in [3.05, 3.63) is 88.4 Å². The first kappa shape index (κ1) is 27.4. The fraction of sp³-hybridized carbons (Fsp3) is 0.240. The number of benzene rings is 3. The lowest BCUT2D eigenvalue weighted by molar-refractivity contribution is -0.120. The number of halogens is 2. The van der Waals surface area contributed by atoms with Gasteiger partial charge < -0.3 is 5.32 Å². The summed E-state index contributed by atoms with van der Waals surface area (Å²) in [5, 5.41) is 3.51. The summed E-state index contributed by atoms with van der Waals surface area (Å²) in [7, 11) is -7.38. The van der Waals surface area contributed by atoms with E-state index in [4.69, 9.17) is 23.2 Å². The fourth-order valence-electron chi connectivity index (χ4n) is 4.00. The van der Waals surface area contributed by atoms with Crippen LogP contribution in [0.1, 0.15) is 18.4 Å². The van der Waals surface area contributed by atoms with Gasteiger partial charge in [-0.15, -0.1) is 0 Å². The van der Waals surface area contributed by atoms with Crippen LogP contribution in [-0.4, -0.2) is 40.1 Å². The maximum Gasteiger partial charge on any atom is 0.261 e. The molecular formula is C25H25Cl2N3O5S2. The van der Waals surface area contributed by atoms with Crippen LogP contribution in [0.25, 0.3) is 0 Å². The molecular weight excluding hydrogens is 557 g/mol. The second-order valence-electron chi connectivity index (χ2n) is 8.65. The highest BCUT2D eigenvalue weighted by molar-refractivity contribution is 7.92. The molecule has 0 aliphatic carbocycles. The molecule has 0 unspecified atom stereocenters. The predicted octanol–water partition coefficient (Wildman–Crippen LogP) is 4.97. The maximum atomic E-state index is 12.9. The topological polar surface area (TPSA) is 113 Å². The molecule has 0 atom stereocenters. The normalized spacial score (nSPS) is 15.3. The van der Waals surface area contributed by atoms with E-state index >= 15 is 0 Å². The Morgan fingerprint density at radius 2 is 1.51 bits per heavy atom. The van der Waals surface area contributed by atoms with Crippen molar-refractivity contribution >= 4 is 60.5 Å². The van der Waals surface area contributed by atoms with Crippen molar-refractivity contribution in [1.82, 2.24) is 4.31 Å². The van der Waals surface area contributed by atoms with E-state index in [1.165, 1.54) is 34.6 Å². The highest BCUT2D eigenvalue weighted by atomic mass is 35.5. The van der Waals surface area contributed by atoms with Crippen LogP contribution in [0.3, 0.4) is 0 Å². The smallest absolute Gasteiger partial charge is 0.261 e. The number of nitrogens with one attached hydrogen (secondary N) is 2. The van der Waals surface area contributed by atoms with Crippen molar-refractivity contribution in [3.8, 4) is 0 Å². The third-order valence-electron chi connectivity index (χ3n) is 6.03. The quantitative estimate of drug-likeness (QED) is 0.389. The molecule has 1 heterocycles. The summed E-state index contributed by atoms with van der Waals surface area (Å²) < 4.78 is 54.8. The summed E-state index contributed by atoms with van der Waals surface area (Å²) in [4.78, 5) is 12.8. The van der Waals surface area contributed by atoms with E-state index in [-0.39, 0.29) is 35.6 Å². The number of carbonyl (C=O) groups is 1. The molecule has 0 saturated carbocycles. The molecule has 3 aromatic rings. The second-order valence-corrected chi connectivity index (χ2v) is 13.1. The average molecular weight is 583 g/mol. The van der Waals surface area contributed by atoms with Crippen molar-refractivity contribution in [2.75, 3.05) is 23.1 Å². The standard InChI is InChI=1S/C25H25Cl2N3O5S2/c26-20-7-6-19(24(27)16-20)17-36(32,33)30-14-12-18(13-15-30)25(31)28-21-8-10-23(11-9-21)37(34,35)29-22-4-2-1-3-5-22/h1-11,16,18,29H,12-15,17H2,(H,28,31). The zero-order valence-corrected chi connectivity index (χ0v) is 22.7. The number of hydrogen-bond donors (Lipinski definition) is 2. The Morgan fingerprint density at radius 3 is 2.14 bits per heavy atom. The zero-order valence-electron chi connectivity index (χ0n) is 19.6. The number of amides is 1. The highest BCUT2D eigenvalue weighted by Gasteiger charge is 2.31. The van der Waals surface area contributed by atoms with Crippen LogP contribution in [0.5, 0.6) is 0 Å². The summed E-state index contributed by atoms with van der Waals surface area (Å²) >= 11 is 12.0. The van der Waals surface area contributed by atoms with Crippen LogP contribution in [0.15, 0.2) is 77.7 Å². The second kappa shape index (κ2) is 11.4. The number of hydrogen-bond acceptors (Lipinski definition) is 5. The summed E-state index contributed by atoms with van der Waals surface area (Å²) in [6.07, 6.45) is 0.736. The van der Waals surface area contributed by atoms with Crippen molar-refractivity contribution in [2.24, 2.45) is 5.92 Å². The van der Waals surface area contributed by atoms with Gasteiger partial charge in [0.05, 0.1) is 10.6 Å². The Balaban J connectivity index is 1.31. The molecule has 2 N–H and O–H groups in total. The third-order valence-corrected chi connectivity index (χ3v) is 9.84. The average Bonchev–Trinajstić information content (AvgIpc) is 2.86. The number of sulfonamides is 2. The van der Waals surface area contributed by atoms with Crippen LogP contribution in [0.2, 0.25) is 10.0 Å². The minimum Gasteiger partial charge on any atom is -0.326 e. The Hall–Kier alpha value is -2.63. The maximum absolute atomic E-state index is 12.9. The Labute approximate surface area is 226 Å². The largest absolute Gasteiger partial charge is 0.326 e. The minimum atomic E-state index is -3.77. The van der Waals surface area contributed by atoms with Crippen LogP contribution < -0.4 is 10.0 Å². The molecule has 196 valence electrons. The van der Waals surface area contributed by atoms with Gasteiger partial charge in [-0.05, 0) is 66.9 Å². The number of piperidine rings is 1. The van der Waals surface area contributed by atoms with Gasteiger partial charge in [0.25, 0.3) is 10.0 Å². The lowest BCUT2D eigenvalue weighted by atomic mass is 9.97. The molecule has 1 aliphatic heterocycles. The van der Waals surface area contributed by atoms with Crippen molar-refractivity contribution < 1.29 is 21.6 Å². The van der Waals surface area contributed by atoms with Gasteiger partial charge in [0, 0.05) is 40.4 Å². The number of carbonyl (C=O) groups excluding carboxylic acids is 1. The first-order valence-corrected chi connectivity index (χ1v) is 15.3. The van der Waals surface area contributed by atoms with Crippen LogP contribution in [-0.2, 0) is 30.6 Å². The van der Waals surface area contributed by atoms with Crippen LogP contribution in [0, 0.1) is 5.92 Å². The number of anilines is 2. The molecule has 1 fully saturated rings. The van der Waals surface area contributed by atoms with E-state index < -0.39 is 20.0 Å². The first-order chi connectivity index (χ1) is 17.5. The molecule has 1 saturated heterocycles. The summed E-state index contributed by atoms with van der Waals surface area (Å²) in [6.45, 7) is 0.432. The fourth-order valence-corrected chi connectivity index (χ4v) is 7.21. The molecule has 0 radical (unpaired) electrons. The van der Waals surface area contributed by atoms with Crippen LogP contribution in [0.4, 0.5) is 11.4 Å². The Kier molecular flexibility index (Phi) is 8.45. The van der Waals surface area contributed by atoms with Gasteiger partial charge in [0.2, 0.25) is 15.9 Å². The van der Waals surface area contributed by atoms with Gasteiger partial charge in [0.15, 0.2) is 0 Å². The highest BCUT2D eigenvalue weighted by Crippen LogP contribution is 2.27. The molecule has 1 amide bonds. The molecule has 12 heteroatoms. The molecule has 0 spiro atoms. The van der Waals surface area contributed by atoms with Crippen molar-refractivity contribution in [2.45, 2.75) is 23.5 Å². The van der Waals surface area contributed by atoms with Crippen molar-refractivity contribution in [1.29, 1.82) is 0 Å². The van der Waals surface area contributed by atoms with Crippen molar-refractivity contribution in [3.63, 3.8) is 0 Å². The van der Waals surface area contributed by atoms with E-state index in [0.29, 0.717) is 39.8 Å². The van der Waals surface area contributed by atoms with E-state index in [0.717, 1.165) is 0 Å². The molecule has 37 heavy (non-hydrogen) atoms. The van der Waals surface area contributed by atoms with Gasteiger partial charge >= 0.3 is 0 Å². The van der Waals surface area contributed by atoms with Gasteiger partial charge in [-0.25, -0.2) is 21.1 Å². The first-order valence-electron chi connectivity index (χ1n) is 11.4. The SMILES string of the molecule is O=C(Nc1ccc(S(=O)(=O)Nc2ccccc2)cc1)C1CCN(S(=O)(=O)Cc2ccc(Cl)cc2Cl)CC1. The molecule has 0 aromatic heterocycles. The van der Waals surface area contributed by atoms with E-state index in [2.05, 4.69) is 10.0 Å². The van der Waals surface area contributed by atoms with Crippen LogP contribution >= 0.6 is 23.2 Å². The monoisotopic (exact) mass is 581 g/mol. The minimum absolute atomic E-state index is 0.0636. The molecule has 1 aliphatic rings. The number of para-hydroxylation sites is 1. The molecule has 8 nitrogen and oxygen atoms in total. The lowest BCUT2D eigenvalue weighted by Gasteiger charge is -2.30. The van der Waals surface area contributed by atoms with E-state index in [1.807, 2.05) is 0 Å². The van der Waals surface area contributed by atoms with Gasteiger partial charge in [-0.3, -0.25) is 9.52 Å². The Bertz CT molecular complexity index is 1470. The molecule has 4 rings (SSSR count). The number of nitrogens with zero attached hydrogens (tertiary/aromatic N) is 1. The summed E-state index contributed by atoms with van der Waals surface area (Å²) in [5.74, 6) is -0.849. The van der Waals surface area contributed by atoms with Gasteiger partial charge in [-0.2, -0.15) is 0 Å². The van der Waals surface area contributed by atoms with Gasteiger partial charge in [0.1, 0.15) is 0 Å².